The molecule has 0 amide bonds. The van der Waals surface area contributed by atoms with Crippen molar-refractivity contribution in [2.45, 2.75) is 19.1 Å². The fourth-order valence-electron chi connectivity index (χ4n) is 1.12. The van der Waals surface area contributed by atoms with Gasteiger partial charge in [-0.15, -0.1) is 0 Å². The summed E-state index contributed by atoms with van der Waals surface area (Å²) < 4.78 is 37.2. The minimum atomic E-state index is -4.49. The van der Waals surface area contributed by atoms with E-state index in [2.05, 4.69) is 18.2 Å². The van der Waals surface area contributed by atoms with E-state index in [4.69, 9.17) is 5.41 Å². The standard InChI is InChI=1S/C11H17F3N4/c1-5-10(11(12,13)14)16-7-9(3)17(4)18(6-2)8-15/h5-6,8-9,15H,1-2,7H2,3-4H3/b15-8?,16-10+. The molecule has 1 atom stereocenters. The van der Waals surface area contributed by atoms with Crippen molar-refractivity contribution >= 4 is 12.1 Å². The van der Waals surface area contributed by atoms with Gasteiger partial charge in [-0.1, -0.05) is 13.2 Å². The topological polar surface area (TPSA) is 42.7 Å². The lowest BCUT2D eigenvalue weighted by molar-refractivity contribution is -0.0580. The quantitative estimate of drug-likeness (QED) is 0.435. The summed E-state index contributed by atoms with van der Waals surface area (Å²) in [6.07, 6.45) is -1.41. The lowest BCUT2D eigenvalue weighted by atomic mass is 10.3. The maximum atomic E-state index is 12.4. The van der Waals surface area contributed by atoms with Gasteiger partial charge in [0.1, 0.15) is 12.1 Å². The second-order valence-corrected chi connectivity index (χ2v) is 3.54. The van der Waals surface area contributed by atoms with Crippen molar-refractivity contribution in [1.29, 1.82) is 5.41 Å². The van der Waals surface area contributed by atoms with E-state index in [0.29, 0.717) is 6.08 Å². The number of hydrazine groups is 1. The van der Waals surface area contributed by atoms with Crippen LogP contribution in [0.25, 0.3) is 0 Å². The third-order valence-corrected chi connectivity index (χ3v) is 2.33. The van der Waals surface area contributed by atoms with Crippen LogP contribution in [0.4, 0.5) is 13.2 Å². The number of hydrogen-bond donors (Lipinski definition) is 1. The summed E-state index contributed by atoms with van der Waals surface area (Å²) in [7, 11) is 1.63. The van der Waals surface area contributed by atoms with Gasteiger partial charge >= 0.3 is 6.18 Å². The molecule has 7 heteroatoms. The molecular weight excluding hydrogens is 245 g/mol. The van der Waals surface area contributed by atoms with Crippen LogP contribution in [0.2, 0.25) is 0 Å². The highest BCUT2D eigenvalue weighted by atomic mass is 19.4. The molecule has 0 fully saturated rings. The second kappa shape index (κ2) is 6.95. The van der Waals surface area contributed by atoms with Gasteiger partial charge in [-0.2, -0.15) is 13.2 Å². The molecule has 4 nitrogen and oxygen atoms in total. The summed E-state index contributed by atoms with van der Waals surface area (Å²) in [4.78, 5) is 3.48. The highest BCUT2D eigenvalue weighted by molar-refractivity contribution is 5.99. The van der Waals surface area contributed by atoms with E-state index < -0.39 is 11.9 Å². The molecule has 0 saturated heterocycles. The van der Waals surface area contributed by atoms with Crippen molar-refractivity contribution in [1.82, 2.24) is 10.0 Å². The van der Waals surface area contributed by atoms with Crippen LogP contribution in [-0.2, 0) is 0 Å². The molecule has 0 heterocycles. The number of allylic oxidation sites excluding steroid dienone is 1. The van der Waals surface area contributed by atoms with Gasteiger partial charge in [0.2, 0.25) is 0 Å². The van der Waals surface area contributed by atoms with E-state index in [9.17, 15) is 13.2 Å². The summed E-state index contributed by atoms with van der Waals surface area (Å²) in [5.74, 6) is 0. The molecule has 1 unspecified atom stereocenters. The molecule has 0 rings (SSSR count). The first-order valence-corrected chi connectivity index (χ1v) is 5.16. The van der Waals surface area contributed by atoms with Crippen LogP contribution in [0.3, 0.4) is 0 Å². The van der Waals surface area contributed by atoms with Gasteiger partial charge in [0.25, 0.3) is 0 Å². The number of nitrogens with one attached hydrogen (secondary N) is 1. The van der Waals surface area contributed by atoms with Crippen LogP contribution in [0.15, 0.2) is 30.4 Å². The molecule has 1 N–H and O–H groups in total. The molecule has 0 bridgehead atoms. The Labute approximate surface area is 105 Å². The molecule has 0 aromatic heterocycles. The highest BCUT2D eigenvalue weighted by Crippen LogP contribution is 2.18. The molecule has 0 aliphatic heterocycles. The maximum absolute atomic E-state index is 12.4. The number of halogens is 3. The van der Waals surface area contributed by atoms with E-state index in [0.717, 1.165) is 6.34 Å². The molecule has 0 aromatic carbocycles. The molecule has 0 aliphatic carbocycles. The van der Waals surface area contributed by atoms with Crippen molar-refractivity contribution in [3.63, 3.8) is 0 Å². The van der Waals surface area contributed by atoms with Gasteiger partial charge in [0.05, 0.1) is 6.54 Å². The first-order chi connectivity index (χ1) is 8.27. The third-order valence-electron chi connectivity index (χ3n) is 2.33. The molecule has 0 aliphatic rings. The van der Waals surface area contributed by atoms with Crippen molar-refractivity contribution in [2.24, 2.45) is 4.99 Å². The Bertz CT molecular complexity index is 328. The fourth-order valence-corrected chi connectivity index (χ4v) is 1.12. The van der Waals surface area contributed by atoms with E-state index >= 15 is 0 Å². The monoisotopic (exact) mass is 262 g/mol. The Hall–Kier alpha value is -1.63. The van der Waals surface area contributed by atoms with Crippen molar-refractivity contribution < 1.29 is 13.2 Å². The van der Waals surface area contributed by atoms with Gasteiger partial charge in [-0.05, 0) is 13.0 Å². The van der Waals surface area contributed by atoms with Crippen molar-refractivity contribution in [3.8, 4) is 0 Å². The van der Waals surface area contributed by atoms with E-state index in [1.807, 2.05) is 0 Å². The van der Waals surface area contributed by atoms with Crippen LogP contribution < -0.4 is 0 Å². The first kappa shape index (κ1) is 16.4. The number of alkyl halides is 3. The van der Waals surface area contributed by atoms with Crippen LogP contribution in [0.5, 0.6) is 0 Å². The molecule has 0 spiro atoms. The summed E-state index contributed by atoms with van der Waals surface area (Å²) in [6.45, 7) is 8.21. The zero-order chi connectivity index (χ0) is 14.3. The number of nitrogens with zero attached hydrogens (tertiary/aromatic N) is 3. The molecule has 18 heavy (non-hydrogen) atoms. The smallest absolute Gasteiger partial charge is 0.290 e. The summed E-state index contributed by atoms with van der Waals surface area (Å²) >= 11 is 0. The zero-order valence-corrected chi connectivity index (χ0v) is 10.4. The van der Waals surface area contributed by atoms with E-state index in [1.54, 1.807) is 19.0 Å². The molecule has 0 aromatic rings. The zero-order valence-electron chi connectivity index (χ0n) is 10.4. The molecule has 102 valence electrons. The fraction of sp³-hybridized carbons (Fsp3) is 0.455. The van der Waals surface area contributed by atoms with Crippen LogP contribution in [0, 0.1) is 5.41 Å². The summed E-state index contributed by atoms with van der Waals surface area (Å²) in [5.41, 5.74) is -0.997. The Morgan fingerprint density at radius 1 is 1.44 bits per heavy atom. The minimum absolute atomic E-state index is 0.0600. The lowest BCUT2D eigenvalue weighted by Crippen LogP contribution is -2.42. The SMILES string of the molecule is C=C/C(=N\CC(C)N(C)N(C=C)C=N)C(F)(F)F. The van der Waals surface area contributed by atoms with Crippen molar-refractivity contribution in [3.05, 3.63) is 25.4 Å². The predicted molar refractivity (Wildman–Crippen MR) is 66.6 cm³/mol. The Balaban J connectivity index is 4.70. The van der Waals surface area contributed by atoms with Gasteiger partial charge in [0, 0.05) is 19.3 Å². The number of likely N-dealkylation sites (N-methyl/N-ethyl adjacent to an activating group) is 1. The van der Waals surface area contributed by atoms with Crippen molar-refractivity contribution in [2.75, 3.05) is 13.6 Å². The molecule has 0 saturated carbocycles. The second-order valence-electron chi connectivity index (χ2n) is 3.54. The average Bonchev–Trinajstić information content (AvgIpc) is 2.29. The average molecular weight is 262 g/mol. The Morgan fingerprint density at radius 2 is 2.00 bits per heavy atom. The van der Waals surface area contributed by atoms with Gasteiger partial charge in [-0.25, -0.2) is 5.01 Å². The molecule has 0 radical (unpaired) electrons. The Morgan fingerprint density at radius 3 is 2.33 bits per heavy atom. The highest BCUT2D eigenvalue weighted by Gasteiger charge is 2.33. The number of hydrogen-bond acceptors (Lipinski definition) is 3. The number of rotatable bonds is 7. The van der Waals surface area contributed by atoms with Gasteiger partial charge < -0.3 is 0 Å². The normalized spacial score (nSPS) is 14.2. The van der Waals surface area contributed by atoms with Gasteiger partial charge in [0.15, 0.2) is 0 Å². The van der Waals surface area contributed by atoms with Crippen LogP contribution >= 0.6 is 0 Å². The van der Waals surface area contributed by atoms with Crippen LogP contribution in [0.1, 0.15) is 6.92 Å². The molecular formula is C11H17F3N4. The largest absolute Gasteiger partial charge is 0.432 e. The Kier molecular flexibility index (Phi) is 6.32. The van der Waals surface area contributed by atoms with E-state index in [1.165, 1.54) is 11.2 Å². The first-order valence-electron chi connectivity index (χ1n) is 5.16. The minimum Gasteiger partial charge on any atom is -0.290 e. The lowest BCUT2D eigenvalue weighted by Gasteiger charge is -2.31. The third kappa shape index (κ3) is 4.70. The predicted octanol–water partition coefficient (Wildman–Crippen LogP) is 2.46. The van der Waals surface area contributed by atoms with E-state index in [-0.39, 0.29) is 12.6 Å². The summed E-state index contributed by atoms with van der Waals surface area (Å²) in [5, 5.41) is 10.00. The summed E-state index contributed by atoms with van der Waals surface area (Å²) in [6, 6.07) is -0.318. The maximum Gasteiger partial charge on any atom is 0.432 e. The van der Waals surface area contributed by atoms with Gasteiger partial charge in [-0.3, -0.25) is 15.4 Å². The number of aliphatic imine (C=N–C) groups is 1. The van der Waals surface area contributed by atoms with Crippen LogP contribution in [-0.4, -0.2) is 47.9 Å².